The van der Waals surface area contributed by atoms with Crippen molar-refractivity contribution in [2.75, 3.05) is 18.4 Å². The Bertz CT molecular complexity index is 606. The maximum atomic E-state index is 12.3. The Kier molecular flexibility index (Phi) is 5.24. The Morgan fingerprint density at radius 2 is 2.18 bits per heavy atom. The number of carbonyl (C=O) groups is 3. The summed E-state index contributed by atoms with van der Waals surface area (Å²) in [5.74, 6) is -0.364. The van der Waals surface area contributed by atoms with Crippen molar-refractivity contribution in [2.45, 2.75) is 18.9 Å². The highest BCUT2D eigenvalue weighted by atomic mass is 79.9. The summed E-state index contributed by atoms with van der Waals surface area (Å²) in [5.41, 5.74) is 5.40. The molecule has 120 valence electrons. The van der Waals surface area contributed by atoms with Crippen LogP contribution in [-0.2, 0) is 0 Å². The SMILES string of the molecule is NC(=O)Nc1cc(Br)sc1C(=O)NC1CCCN(C(=O)O)C1. The van der Waals surface area contributed by atoms with E-state index in [9.17, 15) is 14.4 Å². The molecule has 0 spiro atoms. The van der Waals surface area contributed by atoms with Gasteiger partial charge in [0.15, 0.2) is 0 Å². The predicted octanol–water partition coefficient (Wildman–Crippen LogP) is 1.87. The molecular formula is C12H15BrN4O4S. The number of carbonyl (C=O) groups excluding carboxylic acids is 2. The Labute approximate surface area is 138 Å². The molecule has 0 bridgehead atoms. The molecule has 1 aromatic rings. The zero-order chi connectivity index (χ0) is 16.3. The summed E-state index contributed by atoms with van der Waals surface area (Å²) in [5, 5.41) is 14.2. The summed E-state index contributed by atoms with van der Waals surface area (Å²) in [6.45, 7) is 0.729. The quantitative estimate of drug-likeness (QED) is 0.628. The van der Waals surface area contributed by atoms with Gasteiger partial charge in [-0.2, -0.15) is 0 Å². The van der Waals surface area contributed by atoms with Gasteiger partial charge in [0.2, 0.25) is 0 Å². The van der Waals surface area contributed by atoms with Gasteiger partial charge in [-0.1, -0.05) is 0 Å². The molecule has 8 nitrogen and oxygen atoms in total. The number of thiophene rings is 1. The predicted molar refractivity (Wildman–Crippen MR) is 85.3 cm³/mol. The van der Waals surface area contributed by atoms with Gasteiger partial charge in [0.1, 0.15) is 4.88 Å². The molecule has 1 aromatic heterocycles. The number of halogens is 1. The summed E-state index contributed by atoms with van der Waals surface area (Å²) in [6.07, 6.45) is 0.409. The number of nitrogens with one attached hydrogen (secondary N) is 2. The molecule has 0 radical (unpaired) electrons. The smallest absolute Gasteiger partial charge is 0.407 e. The number of hydrogen-bond acceptors (Lipinski definition) is 4. The normalized spacial score (nSPS) is 17.9. The lowest BCUT2D eigenvalue weighted by Crippen LogP contribution is -2.49. The first-order chi connectivity index (χ1) is 10.4. The third-order valence-corrected chi connectivity index (χ3v) is 4.83. The first-order valence-electron chi connectivity index (χ1n) is 6.51. The van der Waals surface area contributed by atoms with E-state index in [4.69, 9.17) is 10.8 Å². The van der Waals surface area contributed by atoms with Crippen LogP contribution in [0.3, 0.4) is 0 Å². The maximum Gasteiger partial charge on any atom is 0.407 e. The first-order valence-corrected chi connectivity index (χ1v) is 8.12. The van der Waals surface area contributed by atoms with Gasteiger partial charge in [-0.3, -0.25) is 4.79 Å². The van der Waals surface area contributed by atoms with E-state index in [-0.39, 0.29) is 18.5 Å². The molecule has 1 saturated heterocycles. The highest BCUT2D eigenvalue weighted by molar-refractivity contribution is 9.11. The van der Waals surface area contributed by atoms with Crippen LogP contribution in [0.5, 0.6) is 0 Å². The summed E-state index contributed by atoms with van der Waals surface area (Å²) in [4.78, 5) is 35.9. The molecule has 1 atom stereocenters. The molecule has 2 heterocycles. The summed E-state index contributed by atoms with van der Waals surface area (Å²) < 4.78 is 0.678. The van der Waals surface area contributed by atoms with Crippen LogP contribution in [0, 0.1) is 0 Å². The lowest BCUT2D eigenvalue weighted by Gasteiger charge is -2.31. The van der Waals surface area contributed by atoms with Crippen molar-refractivity contribution in [1.29, 1.82) is 0 Å². The van der Waals surface area contributed by atoms with E-state index in [1.54, 1.807) is 6.07 Å². The number of urea groups is 1. The summed E-state index contributed by atoms with van der Waals surface area (Å²) in [6, 6.07) is 0.586. The molecular weight excluding hydrogens is 376 g/mol. The number of anilines is 1. The number of nitrogens with two attached hydrogens (primary N) is 1. The van der Waals surface area contributed by atoms with E-state index in [2.05, 4.69) is 26.6 Å². The highest BCUT2D eigenvalue weighted by Crippen LogP contribution is 2.31. The van der Waals surface area contributed by atoms with Crippen LogP contribution in [0.4, 0.5) is 15.3 Å². The number of piperidine rings is 1. The zero-order valence-electron chi connectivity index (χ0n) is 11.5. The van der Waals surface area contributed by atoms with Gasteiger partial charge < -0.3 is 26.4 Å². The average Bonchev–Trinajstić information content (AvgIpc) is 2.79. The van der Waals surface area contributed by atoms with E-state index < -0.39 is 12.1 Å². The minimum Gasteiger partial charge on any atom is -0.465 e. The standard InChI is InChI=1S/C12H15BrN4O4S/c13-8-4-7(16-11(14)19)9(22-8)10(18)15-6-2-1-3-17(5-6)12(20)21/h4,6H,1-3,5H2,(H,15,18)(H,20,21)(H3,14,16,19). The topological polar surface area (TPSA) is 125 Å². The van der Waals surface area contributed by atoms with Gasteiger partial charge in [0.25, 0.3) is 5.91 Å². The summed E-state index contributed by atoms with van der Waals surface area (Å²) in [7, 11) is 0. The van der Waals surface area contributed by atoms with Gasteiger partial charge in [-0.25, -0.2) is 9.59 Å². The van der Waals surface area contributed by atoms with Gasteiger partial charge in [-0.15, -0.1) is 11.3 Å². The Hall–Kier alpha value is -1.81. The van der Waals surface area contributed by atoms with E-state index in [0.717, 1.165) is 11.3 Å². The molecule has 2 rings (SSSR count). The molecule has 1 aliphatic rings. The fourth-order valence-corrected chi connectivity index (χ4v) is 3.73. The van der Waals surface area contributed by atoms with Crippen LogP contribution in [-0.4, -0.2) is 47.2 Å². The fraction of sp³-hybridized carbons (Fsp3) is 0.417. The van der Waals surface area contributed by atoms with Crippen molar-refractivity contribution < 1.29 is 19.5 Å². The first kappa shape index (κ1) is 16.6. The van der Waals surface area contributed by atoms with Crippen LogP contribution in [0.25, 0.3) is 0 Å². The number of primary amides is 1. The molecule has 5 N–H and O–H groups in total. The Balaban J connectivity index is 2.06. The van der Waals surface area contributed by atoms with E-state index in [0.29, 0.717) is 33.7 Å². The van der Waals surface area contributed by atoms with E-state index in [1.807, 2.05) is 0 Å². The molecule has 4 amide bonds. The number of nitrogens with zero attached hydrogens (tertiary/aromatic N) is 1. The number of amides is 4. The van der Waals surface area contributed by atoms with Gasteiger partial charge in [0.05, 0.1) is 9.47 Å². The number of hydrogen-bond donors (Lipinski definition) is 4. The monoisotopic (exact) mass is 390 g/mol. The van der Waals surface area contributed by atoms with Crippen molar-refractivity contribution in [3.8, 4) is 0 Å². The molecule has 10 heteroatoms. The van der Waals surface area contributed by atoms with Gasteiger partial charge in [0, 0.05) is 19.1 Å². The van der Waals surface area contributed by atoms with Crippen molar-refractivity contribution in [3.05, 3.63) is 14.7 Å². The van der Waals surface area contributed by atoms with Crippen LogP contribution in [0.2, 0.25) is 0 Å². The van der Waals surface area contributed by atoms with Crippen molar-refractivity contribution in [1.82, 2.24) is 10.2 Å². The third kappa shape index (κ3) is 4.10. The molecule has 0 aliphatic carbocycles. The molecule has 1 unspecified atom stereocenters. The number of rotatable bonds is 3. The zero-order valence-corrected chi connectivity index (χ0v) is 13.9. The summed E-state index contributed by atoms with van der Waals surface area (Å²) >= 11 is 4.42. The minimum absolute atomic E-state index is 0.250. The second kappa shape index (κ2) is 6.97. The van der Waals surface area contributed by atoms with Gasteiger partial charge in [-0.05, 0) is 34.8 Å². The lowest BCUT2D eigenvalue weighted by molar-refractivity contribution is 0.0893. The number of likely N-dealkylation sites (tertiary alicyclic amines) is 1. The van der Waals surface area contributed by atoms with Crippen molar-refractivity contribution in [2.24, 2.45) is 5.73 Å². The molecule has 22 heavy (non-hydrogen) atoms. The molecule has 1 fully saturated rings. The highest BCUT2D eigenvalue weighted by Gasteiger charge is 2.26. The van der Waals surface area contributed by atoms with Crippen LogP contribution < -0.4 is 16.4 Å². The van der Waals surface area contributed by atoms with Crippen molar-refractivity contribution in [3.63, 3.8) is 0 Å². The fourth-order valence-electron chi connectivity index (χ4n) is 2.27. The average molecular weight is 391 g/mol. The molecule has 0 saturated carbocycles. The maximum absolute atomic E-state index is 12.3. The van der Waals surface area contributed by atoms with Crippen LogP contribution >= 0.6 is 27.3 Å². The Morgan fingerprint density at radius 1 is 1.45 bits per heavy atom. The second-order valence-electron chi connectivity index (χ2n) is 4.82. The third-order valence-electron chi connectivity index (χ3n) is 3.19. The molecule has 1 aliphatic heterocycles. The lowest BCUT2D eigenvalue weighted by atomic mass is 10.1. The largest absolute Gasteiger partial charge is 0.465 e. The van der Waals surface area contributed by atoms with Crippen LogP contribution in [0.15, 0.2) is 9.85 Å². The number of carboxylic acid groups (broad SMARTS) is 1. The second-order valence-corrected chi connectivity index (χ2v) is 7.26. The van der Waals surface area contributed by atoms with Crippen molar-refractivity contribution >= 4 is 51.0 Å². The van der Waals surface area contributed by atoms with Crippen LogP contribution in [0.1, 0.15) is 22.5 Å². The molecule has 0 aromatic carbocycles. The van der Waals surface area contributed by atoms with E-state index in [1.165, 1.54) is 4.90 Å². The van der Waals surface area contributed by atoms with Gasteiger partial charge >= 0.3 is 12.1 Å². The Morgan fingerprint density at radius 3 is 2.82 bits per heavy atom. The minimum atomic E-state index is -0.992. The van der Waals surface area contributed by atoms with E-state index >= 15 is 0 Å².